The summed E-state index contributed by atoms with van der Waals surface area (Å²) in [5.41, 5.74) is 6.64. The molecule has 5 heteroatoms. The van der Waals surface area contributed by atoms with Crippen LogP contribution in [0.5, 0.6) is 0 Å². The van der Waals surface area contributed by atoms with Crippen LogP contribution in [0.4, 0.5) is 5.69 Å². The van der Waals surface area contributed by atoms with Crippen LogP contribution in [0.25, 0.3) is 0 Å². The number of nitrogens with one attached hydrogen (secondary N) is 2. The molecular weight excluding hydrogens is 254 g/mol. The van der Waals surface area contributed by atoms with Gasteiger partial charge in [0.15, 0.2) is 0 Å². The Bertz CT molecular complexity index is 472. The SMILES string of the molecule is CC(CN)CC(=O)Nc1cccc(C(=O)NC(C)C)c1. The van der Waals surface area contributed by atoms with Crippen molar-refractivity contribution in [2.24, 2.45) is 11.7 Å². The van der Waals surface area contributed by atoms with E-state index >= 15 is 0 Å². The van der Waals surface area contributed by atoms with Gasteiger partial charge in [-0.25, -0.2) is 0 Å². The number of amides is 2. The average Bonchev–Trinajstić information content (AvgIpc) is 2.37. The summed E-state index contributed by atoms with van der Waals surface area (Å²) in [6.07, 6.45) is 0.374. The predicted octanol–water partition coefficient (Wildman–Crippen LogP) is 1.75. The summed E-state index contributed by atoms with van der Waals surface area (Å²) in [6.45, 7) is 6.20. The van der Waals surface area contributed by atoms with E-state index in [1.54, 1.807) is 24.3 Å². The third-order valence-electron chi connectivity index (χ3n) is 2.76. The van der Waals surface area contributed by atoms with Crippen LogP contribution in [0.3, 0.4) is 0 Å². The van der Waals surface area contributed by atoms with Crippen LogP contribution < -0.4 is 16.4 Å². The molecule has 0 heterocycles. The minimum absolute atomic E-state index is 0.0751. The molecule has 0 aliphatic heterocycles. The molecule has 5 nitrogen and oxygen atoms in total. The zero-order valence-corrected chi connectivity index (χ0v) is 12.3. The standard InChI is InChI=1S/C15H23N3O2/c1-10(2)17-15(20)12-5-4-6-13(8-12)18-14(19)7-11(3)9-16/h4-6,8,10-11H,7,9,16H2,1-3H3,(H,17,20)(H,18,19). The van der Waals surface area contributed by atoms with Gasteiger partial charge in [0, 0.05) is 23.7 Å². The Morgan fingerprint density at radius 3 is 2.55 bits per heavy atom. The molecule has 1 rings (SSSR count). The van der Waals surface area contributed by atoms with Gasteiger partial charge in [-0.15, -0.1) is 0 Å². The van der Waals surface area contributed by atoms with Crippen molar-refractivity contribution < 1.29 is 9.59 Å². The topological polar surface area (TPSA) is 84.2 Å². The Morgan fingerprint density at radius 1 is 1.25 bits per heavy atom. The second-order valence-corrected chi connectivity index (χ2v) is 5.30. The van der Waals surface area contributed by atoms with Crippen molar-refractivity contribution in [1.29, 1.82) is 0 Å². The molecular formula is C15H23N3O2. The molecule has 0 spiro atoms. The molecule has 20 heavy (non-hydrogen) atoms. The van der Waals surface area contributed by atoms with Crippen molar-refractivity contribution in [3.8, 4) is 0 Å². The van der Waals surface area contributed by atoms with E-state index in [-0.39, 0.29) is 23.8 Å². The molecule has 0 saturated heterocycles. The summed E-state index contributed by atoms with van der Waals surface area (Å²) in [6, 6.07) is 6.97. The fourth-order valence-corrected chi connectivity index (χ4v) is 1.70. The molecule has 0 aromatic heterocycles. The first-order valence-corrected chi connectivity index (χ1v) is 6.83. The average molecular weight is 277 g/mol. The Morgan fingerprint density at radius 2 is 1.95 bits per heavy atom. The van der Waals surface area contributed by atoms with Gasteiger partial charge in [0.1, 0.15) is 0 Å². The fraction of sp³-hybridized carbons (Fsp3) is 0.467. The lowest BCUT2D eigenvalue weighted by Gasteiger charge is -2.11. The zero-order chi connectivity index (χ0) is 15.1. The van der Waals surface area contributed by atoms with E-state index in [1.807, 2.05) is 20.8 Å². The van der Waals surface area contributed by atoms with E-state index < -0.39 is 0 Å². The molecule has 0 fully saturated rings. The lowest BCUT2D eigenvalue weighted by Crippen LogP contribution is -2.30. The Hall–Kier alpha value is -1.88. The van der Waals surface area contributed by atoms with Gasteiger partial charge in [0.25, 0.3) is 5.91 Å². The van der Waals surface area contributed by atoms with Gasteiger partial charge in [-0.05, 0) is 44.5 Å². The number of carbonyl (C=O) groups is 2. The second kappa shape index (κ2) is 7.65. The van der Waals surface area contributed by atoms with E-state index in [0.717, 1.165) is 0 Å². The number of rotatable bonds is 6. The van der Waals surface area contributed by atoms with Crippen molar-refractivity contribution in [3.63, 3.8) is 0 Å². The number of carbonyl (C=O) groups excluding carboxylic acids is 2. The lowest BCUT2D eigenvalue weighted by atomic mass is 10.1. The smallest absolute Gasteiger partial charge is 0.251 e. The summed E-state index contributed by atoms with van der Waals surface area (Å²) < 4.78 is 0. The number of nitrogens with two attached hydrogens (primary N) is 1. The van der Waals surface area contributed by atoms with Crippen LogP contribution in [0, 0.1) is 5.92 Å². The van der Waals surface area contributed by atoms with E-state index in [2.05, 4.69) is 10.6 Å². The predicted molar refractivity (Wildman–Crippen MR) is 80.5 cm³/mol. The highest BCUT2D eigenvalue weighted by molar-refractivity contribution is 5.97. The van der Waals surface area contributed by atoms with Crippen molar-refractivity contribution in [1.82, 2.24) is 5.32 Å². The third-order valence-corrected chi connectivity index (χ3v) is 2.76. The van der Waals surface area contributed by atoms with Crippen LogP contribution in [0.2, 0.25) is 0 Å². The molecule has 0 aliphatic rings. The maximum atomic E-state index is 11.9. The minimum Gasteiger partial charge on any atom is -0.350 e. The van der Waals surface area contributed by atoms with Gasteiger partial charge in [-0.1, -0.05) is 13.0 Å². The molecule has 1 aromatic rings. The lowest BCUT2D eigenvalue weighted by molar-refractivity contribution is -0.116. The number of hydrogen-bond donors (Lipinski definition) is 3. The third kappa shape index (κ3) is 5.40. The maximum Gasteiger partial charge on any atom is 0.251 e. The first-order valence-electron chi connectivity index (χ1n) is 6.83. The molecule has 0 aliphatic carbocycles. The molecule has 1 aromatic carbocycles. The number of hydrogen-bond acceptors (Lipinski definition) is 3. The van der Waals surface area contributed by atoms with E-state index in [1.165, 1.54) is 0 Å². The largest absolute Gasteiger partial charge is 0.350 e. The number of anilines is 1. The second-order valence-electron chi connectivity index (χ2n) is 5.30. The minimum atomic E-state index is -0.147. The van der Waals surface area contributed by atoms with Crippen LogP contribution in [0.1, 0.15) is 37.6 Å². The normalized spacial score (nSPS) is 12.1. The van der Waals surface area contributed by atoms with Crippen LogP contribution >= 0.6 is 0 Å². The van der Waals surface area contributed by atoms with Gasteiger partial charge in [0.2, 0.25) is 5.91 Å². The van der Waals surface area contributed by atoms with Gasteiger partial charge in [-0.3, -0.25) is 9.59 Å². The summed E-state index contributed by atoms with van der Waals surface area (Å²) in [7, 11) is 0. The van der Waals surface area contributed by atoms with E-state index in [4.69, 9.17) is 5.73 Å². The van der Waals surface area contributed by atoms with Gasteiger partial charge < -0.3 is 16.4 Å². The molecule has 110 valence electrons. The quantitative estimate of drug-likeness (QED) is 0.740. The summed E-state index contributed by atoms with van der Waals surface area (Å²) >= 11 is 0. The monoisotopic (exact) mass is 277 g/mol. The van der Waals surface area contributed by atoms with Crippen LogP contribution in [-0.4, -0.2) is 24.4 Å². The first kappa shape index (κ1) is 16.2. The van der Waals surface area contributed by atoms with Crippen molar-refractivity contribution in [2.75, 3.05) is 11.9 Å². The summed E-state index contributed by atoms with van der Waals surface area (Å²) in [5.74, 6) is -0.0989. The van der Waals surface area contributed by atoms with E-state index in [9.17, 15) is 9.59 Å². The highest BCUT2D eigenvalue weighted by atomic mass is 16.2. The molecule has 0 bridgehead atoms. The maximum absolute atomic E-state index is 11.9. The van der Waals surface area contributed by atoms with Crippen molar-refractivity contribution in [2.45, 2.75) is 33.2 Å². The Kier molecular flexibility index (Phi) is 6.18. The first-order chi connectivity index (χ1) is 9.42. The zero-order valence-electron chi connectivity index (χ0n) is 12.3. The molecule has 0 radical (unpaired) electrons. The van der Waals surface area contributed by atoms with Crippen molar-refractivity contribution >= 4 is 17.5 Å². The summed E-state index contributed by atoms with van der Waals surface area (Å²) in [5, 5.41) is 5.59. The Balaban J connectivity index is 2.68. The summed E-state index contributed by atoms with van der Waals surface area (Å²) in [4.78, 5) is 23.7. The molecule has 1 atom stereocenters. The highest BCUT2D eigenvalue weighted by Gasteiger charge is 2.10. The van der Waals surface area contributed by atoms with Crippen LogP contribution in [-0.2, 0) is 4.79 Å². The van der Waals surface area contributed by atoms with Crippen molar-refractivity contribution in [3.05, 3.63) is 29.8 Å². The number of benzene rings is 1. The molecule has 2 amide bonds. The Labute approximate surface area is 119 Å². The van der Waals surface area contributed by atoms with Gasteiger partial charge in [0.05, 0.1) is 0 Å². The molecule has 4 N–H and O–H groups in total. The van der Waals surface area contributed by atoms with Gasteiger partial charge in [-0.2, -0.15) is 0 Å². The molecule has 0 saturated carbocycles. The van der Waals surface area contributed by atoms with Gasteiger partial charge >= 0.3 is 0 Å². The highest BCUT2D eigenvalue weighted by Crippen LogP contribution is 2.12. The fourth-order valence-electron chi connectivity index (χ4n) is 1.70. The van der Waals surface area contributed by atoms with Crippen LogP contribution in [0.15, 0.2) is 24.3 Å². The van der Waals surface area contributed by atoms with E-state index in [0.29, 0.717) is 24.2 Å². The molecule has 1 unspecified atom stereocenters.